The Labute approximate surface area is 197 Å². The molecule has 1 amide bonds. The molecule has 0 aliphatic heterocycles. The van der Waals surface area contributed by atoms with Crippen molar-refractivity contribution in [3.05, 3.63) is 52.2 Å². The molecule has 0 fully saturated rings. The largest absolute Gasteiger partial charge is 0.478 e. The number of ether oxygens (including phenoxy) is 2. The van der Waals surface area contributed by atoms with Gasteiger partial charge in [-0.2, -0.15) is 19.6 Å². The van der Waals surface area contributed by atoms with E-state index < -0.39 is 30.1 Å². The van der Waals surface area contributed by atoms with Crippen LogP contribution in [-0.4, -0.2) is 55.8 Å². The number of rotatable bonds is 7. The van der Waals surface area contributed by atoms with Crippen molar-refractivity contribution in [2.45, 2.75) is 13.0 Å². The quantitative estimate of drug-likeness (QED) is 0.293. The molecule has 0 aliphatic carbocycles. The monoisotopic (exact) mass is 485 g/mol. The number of fused-ring (bicyclic) bond motifs is 2. The summed E-state index contributed by atoms with van der Waals surface area (Å²) in [4.78, 5) is 44.3. The second-order valence-corrected chi connectivity index (χ2v) is 7.70. The molecule has 1 aromatic carbocycles. The second kappa shape index (κ2) is 9.35. The van der Waals surface area contributed by atoms with E-state index in [1.54, 1.807) is 37.4 Å². The van der Waals surface area contributed by atoms with Gasteiger partial charge >= 0.3 is 5.97 Å². The van der Waals surface area contributed by atoms with Crippen molar-refractivity contribution in [1.82, 2.24) is 29.5 Å². The van der Waals surface area contributed by atoms with Crippen molar-refractivity contribution in [2.24, 2.45) is 7.05 Å². The molecule has 34 heavy (non-hydrogen) atoms. The van der Waals surface area contributed by atoms with Crippen LogP contribution in [0.3, 0.4) is 0 Å². The molecule has 13 heteroatoms. The topological polar surface area (TPSA) is 142 Å². The van der Waals surface area contributed by atoms with E-state index in [2.05, 4.69) is 30.4 Å². The zero-order chi connectivity index (χ0) is 24.4. The standard InChI is InChI=1S/C21H20ClN7O5/c1-11(20(32)33-3)25-18(30)9-34-15-7-12-6-13(4-5-14(12)28(2)19(15)31)26-17-8-16(22)27-21-23-10-24-29(17)21/h4-8,10-11,26H,9H2,1-3H3,(H,25,30)/t11-/m0/s1. The van der Waals surface area contributed by atoms with Crippen molar-refractivity contribution in [3.8, 4) is 5.75 Å². The highest BCUT2D eigenvalue weighted by atomic mass is 35.5. The Morgan fingerprint density at radius 1 is 1.24 bits per heavy atom. The number of anilines is 2. The van der Waals surface area contributed by atoms with Gasteiger partial charge in [0.1, 0.15) is 23.3 Å². The first-order valence-corrected chi connectivity index (χ1v) is 10.4. The second-order valence-electron chi connectivity index (χ2n) is 7.31. The summed E-state index contributed by atoms with van der Waals surface area (Å²) in [6, 6.07) is 7.68. The summed E-state index contributed by atoms with van der Waals surface area (Å²) in [5.74, 6) is -0.285. The smallest absolute Gasteiger partial charge is 0.328 e. The molecule has 1 atom stereocenters. The van der Waals surface area contributed by atoms with Gasteiger partial charge in [0.2, 0.25) is 0 Å². The molecule has 0 saturated carbocycles. The minimum absolute atomic E-state index is 0.0151. The molecule has 0 radical (unpaired) electrons. The summed E-state index contributed by atoms with van der Waals surface area (Å²) in [5, 5.41) is 10.7. The third-order valence-electron chi connectivity index (χ3n) is 4.97. The molecule has 4 aromatic rings. The van der Waals surface area contributed by atoms with Gasteiger partial charge in [-0.25, -0.2) is 4.79 Å². The van der Waals surface area contributed by atoms with Crippen LogP contribution in [0.25, 0.3) is 16.7 Å². The molecule has 0 unspecified atom stereocenters. The lowest BCUT2D eigenvalue weighted by atomic mass is 10.2. The van der Waals surface area contributed by atoms with Crippen molar-refractivity contribution in [3.63, 3.8) is 0 Å². The maximum absolute atomic E-state index is 12.7. The van der Waals surface area contributed by atoms with E-state index in [-0.39, 0.29) is 10.9 Å². The average molecular weight is 486 g/mol. The summed E-state index contributed by atoms with van der Waals surface area (Å²) in [5.41, 5.74) is 0.929. The van der Waals surface area contributed by atoms with Crippen LogP contribution in [0.15, 0.2) is 41.5 Å². The van der Waals surface area contributed by atoms with Gasteiger partial charge in [-0.1, -0.05) is 11.6 Å². The number of nitrogens with one attached hydrogen (secondary N) is 2. The van der Waals surface area contributed by atoms with Crippen molar-refractivity contribution < 1.29 is 19.1 Å². The predicted molar refractivity (Wildman–Crippen MR) is 123 cm³/mol. The summed E-state index contributed by atoms with van der Waals surface area (Å²) in [6.45, 7) is 1.04. The number of esters is 1. The Balaban J connectivity index is 1.58. The number of carbonyl (C=O) groups is 2. The molecule has 3 aromatic heterocycles. The third kappa shape index (κ3) is 4.62. The van der Waals surface area contributed by atoms with E-state index in [1.165, 1.54) is 29.4 Å². The van der Waals surface area contributed by atoms with Crippen LogP contribution < -0.4 is 20.9 Å². The Hall–Kier alpha value is -4.19. The molecular weight excluding hydrogens is 466 g/mol. The number of nitrogens with zero attached hydrogens (tertiary/aromatic N) is 5. The van der Waals surface area contributed by atoms with Crippen molar-refractivity contribution >= 4 is 51.7 Å². The first-order chi connectivity index (χ1) is 16.3. The number of methoxy groups -OCH3 is 1. The molecule has 0 aliphatic rings. The molecule has 176 valence electrons. The first-order valence-electron chi connectivity index (χ1n) is 10.0. The fraction of sp³-hybridized carbons (Fsp3) is 0.238. The maximum Gasteiger partial charge on any atom is 0.328 e. The minimum Gasteiger partial charge on any atom is -0.478 e. The van der Waals surface area contributed by atoms with Crippen molar-refractivity contribution in [1.29, 1.82) is 0 Å². The van der Waals surface area contributed by atoms with Gasteiger partial charge in [0.05, 0.1) is 12.6 Å². The fourth-order valence-electron chi connectivity index (χ4n) is 3.32. The number of pyridine rings is 1. The average Bonchev–Trinajstić information content (AvgIpc) is 3.28. The van der Waals surface area contributed by atoms with Crippen LogP contribution >= 0.6 is 11.6 Å². The van der Waals surface area contributed by atoms with Gasteiger partial charge in [-0.05, 0) is 31.2 Å². The molecule has 2 N–H and O–H groups in total. The van der Waals surface area contributed by atoms with E-state index in [4.69, 9.17) is 16.3 Å². The normalized spacial score (nSPS) is 11.9. The van der Waals surface area contributed by atoms with E-state index >= 15 is 0 Å². The highest BCUT2D eigenvalue weighted by Crippen LogP contribution is 2.25. The molecule has 0 bridgehead atoms. The lowest BCUT2D eigenvalue weighted by Crippen LogP contribution is -2.41. The molecule has 4 rings (SSSR count). The maximum atomic E-state index is 12.7. The number of benzene rings is 1. The molecular formula is C21H20ClN7O5. The number of aromatic nitrogens is 5. The van der Waals surface area contributed by atoms with Gasteiger partial charge in [0, 0.05) is 24.2 Å². The van der Waals surface area contributed by atoms with Gasteiger partial charge in [0.25, 0.3) is 17.2 Å². The summed E-state index contributed by atoms with van der Waals surface area (Å²) >= 11 is 6.07. The Morgan fingerprint density at radius 2 is 2.03 bits per heavy atom. The molecule has 12 nitrogen and oxygen atoms in total. The van der Waals surface area contributed by atoms with Crippen LogP contribution in [0.4, 0.5) is 11.5 Å². The van der Waals surface area contributed by atoms with E-state index in [0.717, 1.165) is 0 Å². The van der Waals surface area contributed by atoms with Crippen LogP contribution in [0.1, 0.15) is 6.92 Å². The van der Waals surface area contributed by atoms with E-state index in [9.17, 15) is 14.4 Å². The number of hydrogen-bond donors (Lipinski definition) is 2. The Bertz CT molecular complexity index is 1470. The Morgan fingerprint density at radius 3 is 2.79 bits per heavy atom. The molecule has 0 saturated heterocycles. The number of aryl methyl sites for hydroxylation is 1. The van der Waals surface area contributed by atoms with Gasteiger partial charge in [-0.15, -0.1) is 0 Å². The number of amides is 1. The van der Waals surface area contributed by atoms with Crippen LogP contribution in [-0.2, 0) is 21.4 Å². The summed E-state index contributed by atoms with van der Waals surface area (Å²) in [6.07, 6.45) is 1.37. The Kier molecular flexibility index (Phi) is 6.32. The van der Waals surface area contributed by atoms with Crippen LogP contribution in [0, 0.1) is 0 Å². The SMILES string of the molecule is COC(=O)[C@H](C)NC(=O)COc1cc2cc(Nc3cc(Cl)nc4ncnn34)ccc2n(C)c1=O. The van der Waals surface area contributed by atoms with E-state index in [1.807, 2.05) is 0 Å². The van der Waals surface area contributed by atoms with Gasteiger partial charge < -0.3 is 24.7 Å². The van der Waals surface area contributed by atoms with Crippen molar-refractivity contribution in [2.75, 3.05) is 19.0 Å². The summed E-state index contributed by atoms with van der Waals surface area (Å²) < 4.78 is 12.9. The predicted octanol–water partition coefficient (Wildman–Crippen LogP) is 1.43. The highest BCUT2D eigenvalue weighted by molar-refractivity contribution is 6.29. The van der Waals surface area contributed by atoms with Crippen LogP contribution in [0.2, 0.25) is 5.15 Å². The zero-order valence-corrected chi connectivity index (χ0v) is 19.2. The minimum atomic E-state index is -0.840. The number of carbonyl (C=O) groups excluding carboxylic acids is 2. The van der Waals surface area contributed by atoms with Crippen LogP contribution in [0.5, 0.6) is 5.75 Å². The van der Waals surface area contributed by atoms with Gasteiger partial charge in [0.15, 0.2) is 12.4 Å². The van der Waals surface area contributed by atoms with E-state index in [0.29, 0.717) is 28.2 Å². The third-order valence-corrected chi connectivity index (χ3v) is 5.17. The lowest BCUT2D eigenvalue weighted by molar-refractivity contribution is -0.144. The number of hydrogen-bond acceptors (Lipinski definition) is 9. The highest BCUT2D eigenvalue weighted by Gasteiger charge is 2.17. The number of halogens is 1. The summed E-state index contributed by atoms with van der Waals surface area (Å²) in [7, 11) is 2.83. The first kappa shape index (κ1) is 23.0. The lowest BCUT2D eigenvalue weighted by Gasteiger charge is -2.14. The molecule has 0 spiro atoms. The zero-order valence-electron chi connectivity index (χ0n) is 18.4. The fourth-order valence-corrected chi connectivity index (χ4v) is 3.50. The molecule has 3 heterocycles. The van der Waals surface area contributed by atoms with Gasteiger partial charge in [-0.3, -0.25) is 9.59 Å².